The average molecular weight is 348 g/mol. The largest absolute Gasteiger partial charge is 0.508 e. The number of para-hydroxylation sites is 1. The number of aromatic hydroxyl groups is 1. The van der Waals surface area contributed by atoms with Gasteiger partial charge in [-0.2, -0.15) is 0 Å². The van der Waals surface area contributed by atoms with Gasteiger partial charge in [0, 0.05) is 18.5 Å². The first kappa shape index (κ1) is 18.9. The third-order valence-electron chi connectivity index (χ3n) is 4.06. The number of amides is 1. The number of likely N-dealkylation sites (N-methyl/N-ethyl adjacent to an activating group) is 1. The van der Waals surface area contributed by atoms with Gasteiger partial charge in [0.2, 0.25) is 5.91 Å². The van der Waals surface area contributed by atoms with Crippen LogP contribution in [0.3, 0.4) is 0 Å². The second kappa shape index (κ2) is 8.58. The molecule has 0 aliphatic heterocycles. The first-order valence-electron chi connectivity index (χ1n) is 8.04. The number of hydrogen-bond acceptors (Lipinski definition) is 3. The molecule has 0 saturated heterocycles. The van der Waals surface area contributed by atoms with Crippen molar-refractivity contribution in [3.63, 3.8) is 0 Å². The van der Waals surface area contributed by atoms with E-state index in [1.807, 2.05) is 0 Å². The molecule has 0 bridgehead atoms. The summed E-state index contributed by atoms with van der Waals surface area (Å²) < 4.78 is 28.0. The van der Waals surface area contributed by atoms with E-state index in [2.05, 4.69) is 5.32 Å². The lowest BCUT2D eigenvalue weighted by molar-refractivity contribution is -0.121. The number of carbonyl (C=O) groups excluding carboxylic acids is 1. The van der Waals surface area contributed by atoms with Gasteiger partial charge in [0.25, 0.3) is 0 Å². The minimum absolute atomic E-state index is 0.0616. The molecule has 0 radical (unpaired) electrons. The zero-order chi connectivity index (χ0) is 18.4. The van der Waals surface area contributed by atoms with Crippen molar-refractivity contribution >= 4 is 5.91 Å². The fraction of sp³-hybridized carbons (Fsp3) is 0.316. The Morgan fingerprint density at radius 1 is 1.12 bits per heavy atom. The summed E-state index contributed by atoms with van der Waals surface area (Å²) in [5, 5.41) is 12.4. The van der Waals surface area contributed by atoms with Gasteiger partial charge >= 0.3 is 0 Å². The summed E-state index contributed by atoms with van der Waals surface area (Å²) in [7, 11) is 3.40. The van der Waals surface area contributed by atoms with E-state index in [1.54, 1.807) is 43.3 Å². The Labute approximate surface area is 146 Å². The normalized spacial score (nSPS) is 12.2. The summed E-state index contributed by atoms with van der Waals surface area (Å²) in [6.45, 7) is 0.0878. The molecule has 2 aromatic carbocycles. The maximum atomic E-state index is 14.0. The van der Waals surface area contributed by atoms with Crippen molar-refractivity contribution in [3.8, 4) is 5.75 Å². The molecule has 6 heteroatoms. The molecule has 0 aliphatic carbocycles. The highest BCUT2D eigenvalue weighted by Crippen LogP contribution is 2.24. The highest BCUT2D eigenvalue weighted by atomic mass is 19.1. The Morgan fingerprint density at radius 2 is 1.76 bits per heavy atom. The smallest absolute Gasteiger partial charge is 0.220 e. The monoisotopic (exact) mass is 348 g/mol. The lowest BCUT2D eigenvalue weighted by atomic mass is 10.0. The molecule has 25 heavy (non-hydrogen) atoms. The van der Waals surface area contributed by atoms with E-state index in [0.29, 0.717) is 12.0 Å². The summed E-state index contributed by atoms with van der Waals surface area (Å²) in [4.78, 5) is 13.7. The Morgan fingerprint density at radius 3 is 2.36 bits per heavy atom. The van der Waals surface area contributed by atoms with Crippen LogP contribution in [-0.4, -0.2) is 36.6 Å². The number of rotatable bonds is 7. The predicted molar refractivity (Wildman–Crippen MR) is 92.2 cm³/mol. The Hall–Kier alpha value is -2.47. The number of phenolic OH excluding ortho intramolecular Hbond substituents is 1. The summed E-state index contributed by atoms with van der Waals surface area (Å²) in [6.07, 6.45) is 0.566. The summed E-state index contributed by atoms with van der Waals surface area (Å²) in [5.41, 5.74) is 0.621. The molecule has 134 valence electrons. The van der Waals surface area contributed by atoms with Crippen molar-refractivity contribution in [3.05, 3.63) is 65.2 Å². The van der Waals surface area contributed by atoms with Gasteiger partial charge in [-0.3, -0.25) is 4.79 Å². The predicted octanol–water partition coefficient (Wildman–Crippen LogP) is 3.02. The molecule has 2 N–H and O–H groups in total. The zero-order valence-electron chi connectivity index (χ0n) is 14.3. The molecule has 1 atom stereocenters. The van der Waals surface area contributed by atoms with Crippen LogP contribution in [0.4, 0.5) is 8.78 Å². The molecule has 0 spiro atoms. The van der Waals surface area contributed by atoms with Crippen LogP contribution < -0.4 is 5.32 Å². The van der Waals surface area contributed by atoms with Gasteiger partial charge in [-0.25, -0.2) is 8.78 Å². The van der Waals surface area contributed by atoms with Crippen LogP contribution in [0.1, 0.15) is 23.6 Å². The molecule has 0 aromatic heterocycles. The van der Waals surface area contributed by atoms with Gasteiger partial charge < -0.3 is 15.3 Å². The lowest BCUT2D eigenvalue weighted by Gasteiger charge is -2.25. The van der Waals surface area contributed by atoms with Crippen molar-refractivity contribution in [1.82, 2.24) is 10.2 Å². The third kappa shape index (κ3) is 5.00. The summed E-state index contributed by atoms with van der Waals surface area (Å²) >= 11 is 0. The van der Waals surface area contributed by atoms with E-state index >= 15 is 0 Å². The first-order valence-corrected chi connectivity index (χ1v) is 8.04. The number of carbonyl (C=O) groups is 1. The number of benzene rings is 2. The van der Waals surface area contributed by atoms with Crippen LogP contribution in [0.25, 0.3) is 0 Å². The maximum absolute atomic E-state index is 14.0. The SMILES string of the molecule is CN(C)[C@@H](CNC(=O)CCc1ccccc1O)c1c(F)cccc1F. The van der Waals surface area contributed by atoms with E-state index in [4.69, 9.17) is 0 Å². The number of nitrogens with zero attached hydrogens (tertiary/aromatic N) is 1. The summed E-state index contributed by atoms with van der Waals surface area (Å²) in [5.74, 6) is -1.37. The quantitative estimate of drug-likeness (QED) is 0.809. The van der Waals surface area contributed by atoms with E-state index < -0.39 is 17.7 Å². The van der Waals surface area contributed by atoms with Crippen LogP contribution in [0, 0.1) is 11.6 Å². The zero-order valence-corrected chi connectivity index (χ0v) is 14.3. The lowest BCUT2D eigenvalue weighted by Crippen LogP contribution is -2.35. The molecule has 4 nitrogen and oxygen atoms in total. The van der Waals surface area contributed by atoms with E-state index in [0.717, 1.165) is 0 Å². The minimum atomic E-state index is -0.637. The van der Waals surface area contributed by atoms with Gasteiger partial charge in [0.15, 0.2) is 0 Å². The van der Waals surface area contributed by atoms with Gasteiger partial charge in [-0.05, 0) is 44.3 Å². The third-order valence-corrected chi connectivity index (χ3v) is 4.06. The molecule has 2 rings (SSSR count). The van der Waals surface area contributed by atoms with E-state index in [1.165, 1.54) is 18.2 Å². The van der Waals surface area contributed by atoms with Crippen LogP contribution >= 0.6 is 0 Å². The fourth-order valence-corrected chi connectivity index (χ4v) is 2.64. The van der Waals surface area contributed by atoms with Crippen molar-refractivity contribution in [2.75, 3.05) is 20.6 Å². The highest BCUT2D eigenvalue weighted by molar-refractivity contribution is 5.76. The van der Waals surface area contributed by atoms with Crippen LogP contribution in [0.15, 0.2) is 42.5 Å². The number of nitrogens with one attached hydrogen (secondary N) is 1. The van der Waals surface area contributed by atoms with Crippen LogP contribution in [0.2, 0.25) is 0 Å². The molecule has 0 heterocycles. The van der Waals surface area contributed by atoms with Gasteiger partial charge in [0.05, 0.1) is 6.04 Å². The Kier molecular flexibility index (Phi) is 6.47. The Balaban J connectivity index is 1.97. The molecule has 0 saturated carbocycles. The second-order valence-corrected chi connectivity index (χ2v) is 6.05. The molecular formula is C19H22F2N2O2. The maximum Gasteiger partial charge on any atom is 0.220 e. The van der Waals surface area contributed by atoms with Crippen molar-refractivity contribution in [1.29, 1.82) is 0 Å². The van der Waals surface area contributed by atoms with E-state index in [-0.39, 0.29) is 30.2 Å². The Bertz CT molecular complexity index is 715. The molecule has 1 amide bonds. The number of halogens is 2. The average Bonchev–Trinajstić information content (AvgIpc) is 2.56. The topological polar surface area (TPSA) is 52.6 Å². The second-order valence-electron chi connectivity index (χ2n) is 6.05. The molecule has 0 fully saturated rings. The van der Waals surface area contributed by atoms with E-state index in [9.17, 15) is 18.7 Å². The molecule has 0 unspecified atom stereocenters. The number of hydrogen-bond donors (Lipinski definition) is 2. The van der Waals surface area contributed by atoms with Crippen molar-refractivity contribution in [2.45, 2.75) is 18.9 Å². The van der Waals surface area contributed by atoms with Crippen LogP contribution in [-0.2, 0) is 11.2 Å². The van der Waals surface area contributed by atoms with Gasteiger partial charge in [-0.1, -0.05) is 24.3 Å². The molecule has 2 aromatic rings. The molecule has 0 aliphatic rings. The standard InChI is InChI=1S/C19H22F2N2O2/c1-23(2)16(19-14(20)7-5-8-15(19)21)12-22-18(25)11-10-13-6-3-4-9-17(13)24/h3-9,16,24H,10-12H2,1-2H3,(H,22,25)/t16-/m0/s1. The number of aryl methyl sites for hydroxylation is 1. The number of phenols is 1. The van der Waals surface area contributed by atoms with Gasteiger partial charge in [0.1, 0.15) is 17.4 Å². The summed E-state index contributed by atoms with van der Waals surface area (Å²) in [6, 6.07) is 9.92. The minimum Gasteiger partial charge on any atom is -0.508 e. The first-order chi connectivity index (χ1) is 11.9. The molecular weight excluding hydrogens is 326 g/mol. The highest BCUT2D eigenvalue weighted by Gasteiger charge is 2.22. The van der Waals surface area contributed by atoms with Crippen molar-refractivity contribution in [2.24, 2.45) is 0 Å². The van der Waals surface area contributed by atoms with Gasteiger partial charge in [-0.15, -0.1) is 0 Å². The fourth-order valence-electron chi connectivity index (χ4n) is 2.64. The van der Waals surface area contributed by atoms with Crippen molar-refractivity contribution < 1.29 is 18.7 Å². The van der Waals surface area contributed by atoms with Crippen LogP contribution in [0.5, 0.6) is 5.75 Å².